The fraction of sp³-hybridized carbons (Fsp3) is 0.467. The zero-order valence-corrected chi connectivity index (χ0v) is 13.8. The largest absolute Gasteiger partial charge is 0.491 e. The van der Waals surface area contributed by atoms with Crippen LogP contribution in [-0.2, 0) is 9.31 Å². The standard InChI is InChI=1S/C15H21BN4O3/c1-14(2)15(3,4)23-16(22-14)11(7-17)5-10-6-12-13(21)18-9-19-20(12)8-10/h5-6,8-9H,7,17H2,1-4H3,(H,18,19,21). The lowest BCUT2D eigenvalue weighted by Gasteiger charge is -2.32. The Balaban J connectivity index is 1.96. The van der Waals surface area contributed by atoms with Gasteiger partial charge in [0.25, 0.3) is 5.56 Å². The number of nitrogens with one attached hydrogen (secondary N) is 1. The third-order valence-electron chi connectivity index (χ3n) is 4.58. The van der Waals surface area contributed by atoms with Crippen LogP contribution in [-0.4, -0.2) is 39.5 Å². The first-order valence-corrected chi connectivity index (χ1v) is 7.56. The molecule has 1 aliphatic heterocycles. The highest BCUT2D eigenvalue weighted by molar-refractivity contribution is 6.55. The molecule has 3 heterocycles. The van der Waals surface area contributed by atoms with Crippen molar-refractivity contribution in [1.82, 2.24) is 14.6 Å². The van der Waals surface area contributed by atoms with Crippen molar-refractivity contribution in [3.8, 4) is 0 Å². The van der Waals surface area contributed by atoms with Crippen LogP contribution in [0.4, 0.5) is 0 Å². The summed E-state index contributed by atoms with van der Waals surface area (Å²) in [6, 6.07) is 1.76. The van der Waals surface area contributed by atoms with Crippen LogP contribution in [0.2, 0.25) is 0 Å². The number of fused-ring (bicyclic) bond motifs is 1. The molecule has 0 unspecified atom stereocenters. The first-order chi connectivity index (χ1) is 10.7. The maximum Gasteiger partial charge on any atom is 0.491 e. The van der Waals surface area contributed by atoms with E-state index in [2.05, 4.69) is 10.1 Å². The number of hydrogen-bond acceptors (Lipinski definition) is 5. The molecule has 3 rings (SSSR count). The molecule has 7 nitrogen and oxygen atoms in total. The second kappa shape index (κ2) is 5.33. The Morgan fingerprint density at radius 2 is 2.04 bits per heavy atom. The Morgan fingerprint density at radius 3 is 2.61 bits per heavy atom. The lowest BCUT2D eigenvalue weighted by molar-refractivity contribution is 0.00578. The second-order valence-electron chi connectivity index (χ2n) is 6.73. The monoisotopic (exact) mass is 316 g/mol. The van der Waals surface area contributed by atoms with Crippen molar-refractivity contribution in [2.24, 2.45) is 5.73 Å². The number of rotatable bonds is 3. The third-order valence-corrected chi connectivity index (χ3v) is 4.58. The summed E-state index contributed by atoms with van der Waals surface area (Å²) in [7, 11) is -0.501. The smallest absolute Gasteiger partial charge is 0.400 e. The molecule has 0 amide bonds. The van der Waals surface area contributed by atoms with E-state index in [1.807, 2.05) is 33.8 Å². The van der Waals surface area contributed by atoms with E-state index in [0.717, 1.165) is 11.0 Å². The van der Waals surface area contributed by atoms with Gasteiger partial charge in [0.15, 0.2) is 0 Å². The van der Waals surface area contributed by atoms with Crippen molar-refractivity contribution in [1.29, 1.82) is 0 Å². The van der Waals surface area contributed by atoms with Gasteiger partial charge in [0.1, 0.15) is 11.8 Å². The molecule has 1 saturated heterocycles. The Bertz CT molecular complexity index is 805. The predicted molar refractivity (Wildman–Crippen MR) is 88.9 cm³/mol. The quantitative estimate of drug-likeness (QED) is 0.824. The minimum absolute atomic E-state index is 0.190. The highest BCUT2D eigenvalue weighted by Crippen LogP contribution is 2.38. The molecule has 0 aliphatic carbocycles. The van der Waals surface area contributed by atoms with Crippen LogP contribution in [0.5, 0.6) is 0 Å². The zero-order valence-electron chi connectivity index (χ0n) is 13.8. The van der Waals surface area contributed by atoms with Crippen LogP contribution in [0.3, 0.4) is 0 Å². The normalized spacial score (nSPS) is 20.4. The minimum Gasteiger partial charge on any atom is -0.400 e. The highest BCUT2D eigenvalue weighted by Gasteiger charge is 2.52. The molecule has 0 saturated carbocycles. The SMILES string of the molecule is CC1(C)OB(C(=Cc2cc3c(=O)[nH]cnn3c2)CN)OC1(C)C. The molecule has 0 aromatic carbocycles. The molecule has 1 fully saturated rings. The van der Waals surface area contributed by atoms with E-state index in [1.54, 1.807) is 12.3 Å². The van der Waals surface area contributed by atoms with E-state index >= 15 is 0 Å². The number of hydrogen-bond donors (Lipinski definition) is 2. The first-order valence-electron chi connectivity index (χ1n) is 7.56. The lowest BCUT2D eigenvalue weighted by Crippen LogP contribution is -2.41. The van der Waals surface area contributed by atoms with Gasteiger partial charge in [0.05, 0.1) is 11.2 Å². The summed E-state index contributed by atoms with van der Waals surface area (Å²) in [5.74, 6) is 0. The molecule has 23 heavy (non-hydrogen) atoms. The van der Waals surface area contributed by atoms with Crippen molar-refractivity contribution in [3.05, 3.63) is 40.0 Å². The third kappa shape index (κ3) is 2.73. The number of aromatic nitrogens is 3. The van der Waals surface area contributed by atoms with E-state index < -0.39 is 18.3 Å². The lowest BCUT2D eigenvalue weighted by atomic mass is 9.77. The number of nitrogens with two attached hydrogens (primary N) is 1. The van der Waals surface area contributed by atoms with Gasteiger partial charge in [-0.1, -0.05) is 6.08 Å². The van der Waals surface area contributed by atoms with Crippen LogP contribution in [0.1, 0.15) is 33.3 Å². The number of H-pyrrole nitrogens is 1. The highest BCUT2D eigenvalue weighted by atomic mass is 16.7. The molecular weight excluding hydrogens is 295 g/mol. The average Bonchev–Trinajstić information content (AvgIpc) is 2.96. The summed E-state index contributed by atoms with van der Waals surface area (Å²) in [5, 5.41) is 4.08. The molecule has 3 N–H and O–H groups in total. The van der Waals surface area contributed by atoms with Crippen molar-refractivity contribution in [2.75, 3.05) is 6.54 Å². The maximum atomic E-state index is 11.8. The minimum atomic E-state index is -0.501. The van der Waals surface area contributed by atoms with Crippen molar-refractivity contribution < 1.29 is 9.31 Å². The van der Waals surface area contributed by atoms with Crippen LogP contribution < -0.4 is 11.3 Å². The van der Waals surface area contributed by atoms with Gasteiger partial charge in [-0.25, -0.2) is 4.52 Å². The zero-order chi connectivity index (χ0) is 16.8. The summed E-state index contributed by atoms with van der Waals surface area (Å²) in [4.78, 5) is 14.3. The first kappa shape index (κ1) is 16.0. The van der Waals surface area contributed by atoms with E-state index in [-0.39, 0.29) is 5.56 Å². The molecule has 8 heteroatoms. The molecule has 122 valence electrons. The van der Waals surface area contributed by atoms with E-state index in [9.17, 15) is 4.79 Å². The molecule has 2 aromatic heterocycles. The van der Waals surface area contributed by atoms with Gasteiger partial charge < -0.3 is 20.0 Å². The van der Waals surface area contributed by atoms with Gasteiger partial charge in [-0.05, 0) is 44.8 Å². The second-order valence-corrected chi connectivity index (χ2v) is 6.73. The Morgan fingerprint density at radius 1 is 1.39 bits per heavy atom. The van der Waals surface area contributed by atoms with E-state index in [1.165, 1.54) is 10.8 Å². The average molecular weight is 316 g/mol. The van der Waals surface area contributed by atoms with E-state index in [0.29, 0.717) is 12.1 Å². The van der Waals surface area contributed by atoms with Gasteiger partial charge in [0, 0.05) is 12.7 Å². The molecule has 0 atom stereocenters. The molecule has 0 radical (unpaired) electrons. The van der Waals surface area contributed by atoms with Gasteiger partial charge in [-0.2, -0.15) is 5.10 Å². The van der Waals surface area contributed by atoms with Crippen molar-refractivity contribution in [3.63, 3.8) is 0 Å². The Hall–Kier alpha value is -1.90. The summed E-state index contributed by atoms with van der Waals surface area (Å²) < 4.78 is 13.6. The van der Waals surface area contributed by atoms with Crippen LogP contribution >= 0.6 is 0 Å². The summed E-state index contributed by atoms with van der Waals surface area (Å²) in [6.45, 7) is 8.29. The summed E-state index contributed by atoms with van der Waals surface area (Å²) in [5.41, 5.74) is 6.97. The van der Waals surface area contributed by atoms with Crippen molar-refractivity contribution >= 4 is 18.7 Å². The molecule has 0 spiro atoms. The van der Waals surface area contributed by atoms with Gasteiger partial charge in [-0.15, -0.1) is 0 Å². The fourth-order valence-corrected chi connectivity index (χ4v) is 2.47. The number of nitrogens with zero attached hydrogens (tertiary/aromatic N) is 2. The predicted octanol–water partition coefficient (Wildman–Crippen LogP) is 0.996. The van der Waals surface area contributed by atoms with Crippen LogP contribution in [0, 0.1) is 0 Å². The molecular formula is C15H21BN4O3. The van der Waals surface area contributed by atoms with Crippen molar-refractivity contribution in [2.45, 2.75) is 38.9 Å². The van der Waals surface area contributed by atoms with Gasteiger partial charge in [0.2, 0.25) is 0 Å². The summed E-state index contributed by atoms with van der Waals surface area (Å²) in [6.07, 6.45) is 5.02. The van der Waals surface area contributed by atoms with Crippen LogP contribution in [0.15, 0.2) is 28.9 Å². The topological polar surface area (TPSA) is 94.6 Å². The molecule has 2 aromatic rings. The van der Waals surface area contributed by atoms with E-state index in [4.69, 9.17) is 15.0 Å². The maximum absolute atomic E-state index is 11.8. The Kier molecular flexibility index (Phi) is 3.70. The van der Waals surface area contributed by atoms with Gasteiger partial charge >= 0.3 is 7.12 Å². The van der Waals surface area contributed by atoms with Gasteiger partial charge in [-0.3, -0.25) is 4.79 Å². The Labute approximate surface area is 134 Å². The number of aromatic amines is 1. The molecule has 1 aliphatic rings. The fourth-order valence-electron chi connectivity index (χ4n) is 2.47. The molecule has 0 bridgehead atoms. The van der Waals surface area contributed by atoms with Crippen LogP contribution in [0.25, 0.3) is 11.6 Å². The summed E-state index contributed by atoms with van der Waals surface area (Å²) >= 11 is 0.